The number of rotatable bonds is 10. The normalized spacial score (nSPS) is 11.5. The highest BCUT2D eigenvalue weighted by molar-refractivity contribution is 7.17. The van der Waals surface area contributed by atoms with E-state index in [0.29, 0.717) is 4.88 Å². The van der Waals surface area contributed by atoms with Crippen LogP contribution in [0.4, 0.5) is 5.00 Å². The summed E-state index contributed by atoms with van der Waals surface area (Å²) in [6.45, 7) is 6.59. The predicted octanol–water partition coefficient (Wildman–Crippen LogP) is 2.18. The molecule has 0 aliphatic heterocycles. The average Bonchev–Trinajstić information content (AvgIpc) is 3.01. The second-order valence-corrected chi connectivity index (χ2v) is 5.90. The third-order valence-electron chi connectivity index (χ3n) is 3.00. The smallest absolute Gasteiger partial charge is 0.328 e. The van der Waals surface area contributed by atoms with E-state index in [4.69, 9.17) is 9.47 Å². The Balaban J connectivity index is 2.69. The zero-order valence-corrected chi connectivity index (χ0v) is 15.0. The van der Waals surface area contributed by atoms with Crippen molar-refractivity contribution in [1.29, 1.82) is 0 Å². The minimum atomic E-state index is -0.883. The molecule has 1 heterocycles. The fraction of sp³-hybridized carbons (Fsp3) is 0.562. The number of thiophene rings is 1. The van der Waals surface area contributed by atoms with E-state index in [9.17, 15) is 14.4 Å². The Kier molecular flexibility index (Phi) is 8.85. The van der Waals surface area contributed by atoms with Crippen molar-refractivity contribution in [2.45, 2.75) is 39.7 Å². The summed E-state index contributed by atoms with van der Waals surface area (Å²) in [5.74, 6) is -1.34. The van der Waals surface area contributed by atoms with Gasteiger partial charge in [0.2, 0.25) is 0 Å². The number of esters is 2. The number of nitrogens with one attached hydrogen (secondary N) is 2. The maximum absolute atomic E-state index is 12.3. The number of ether oxygens (including phenoxy) is 2. The van der Waals surface area contributed by atoms with Gasteiger partial charge in [-0.2, -0.15) is 0 Å². The summed E-state index contributed by atoms with van der Waals surface area (Å²) in [6, 6.07) is 2.61. The molecule has 2 N–H and O–H groups in total. The monoisotopic (exact) mass is 356 g/mol. The minimum Gasteiger partial charge on any atom is -0.466 e. The third-order valence-corrected chi connectivity index (χ3v) is 4.04. The SMILES string of the molecule is CCNc1ccc(C(=O)N[C@H](CCC(=O)OCC)C(=O)OCC)s1. The zero-order chi connectivity index (χ0) is 17.9. The molecule has 0 saturated heterocycles. The highest BCUT2D eigenvalue weighted by Gasteiger charge is 2.24. The van der Waals surface area contributed by atoms with Gasteiger partial charge in [-0.15, -0.1) is 11.3 Å². The third kappa shape index (κ3) is 6.57. The summed E-state index contributed by atoms with van der Waals surface area (Å²) in [6.07, 6.45) is 0.166. The molecule has 0 spiro atoms. The molecule has 0 fully saturated rings. The standard InChI is InChI=1S/C16H24N2O5S/c1-4-17-13-9-8-12(24-13)15(20)18-11(16(21)23-6-3)7-10-14(19)22-5-2/h8-9,11,17H,4-7,10H2,1-3H3,(H,18,20)/t11-/m1/s1. The summed E-state index contributed by atoms with van der Waals surface area (Å²) in [4.78, 5) is 36.2. The van der Waals surface area contributed by atoms with Crippen molar-refractivity contribution in [2.24, 2.45) is 0 Å². The van der Waals surface area contributed by atoms with Crippen LogP contribution in [0.1, 0.15) is 43.3 Å². The van der Waals surface area contributed by atoms with E-state index in [0.717, 1.165) is 11.5 Å². The molecule has 0 aliphatic carbocycles. The number of anilines is 1. The van der Waals surface area contributed by atoms with Crippen LogP contribution in [0, 0.1) is 0 Å². The number of carbonyl (C=O) groups is 3. The Morgan fingerprint density at radius 3 is 2.46 bits per heavy atom. The number of amides is 1. The average molecular weight is 356 g/mol. The first-order chi connectivity index (χ1) is 11.5. The fourth-order valence-corrected chi connectivity index (χ4v) is 2.82. The molecule has 1 amide bonds. The first-order valence-corrected chi connectivity index (χ1v) is 8.80. The molecule has 0 bridgehead atoms. The maximum Gasteiger partial charge on any atom is 0.328 e. The largest absolute Gasteiger partial charge is 0.466 e. The van der Waals surface area contributed by atoms with E-state index in [1.807, 2.05) is 6.92 Å². The van der Waals surface area contributed by atoms with Crippen molar-refractivity contribution in [3.05, 3.63) is 17.0 Å². The molecule has 0 radical (unpaired) electrons. The van der Waals surface area contributed by atoms with Gasteiger partial charge < -0.3 is 20.1 Å². The van der Waals surface area contributed by atoms with E-state index in [1.54, 1.807) is 26.0 Å². The Morgan fingerprint density at radius 1 is 1.12 bits per heavy atom. The number of hydrogen-bond donors (Lipinski definition) is 2. The van der Waals surface area contributed by atoms with Crippen molar-refractivity contribution in [1.82, 2.24) is 5.32 Å². The molecular weight excluding hydrogens is 332 g/mol. The van der Waals surface area contributed by atoms with Crippen molar-refractivity contribution in [3.63, 3.8) is 0 Å². The summed E-state index contributed by atoms with van der Waals surface area (Å²) in [7, 11) is 0. The summed E-state index contributed by atoms with van der Waals surface area (Å²) < 4.78 is 9.80. The van der Waals surface area contributed by atoms with Crippen molar-refractivity contribution < 1.29 is 23.9 Å². The molecule has 24 heavy (non-hydrogen) atoms. The molecule has 0 saturated carbocycles. The molecule has 7 nitrogen and oxygen atoms in total. The fourth-order valence-electron chi connectivity index (χ4n) is 1.95. The first-order valence-electron chi connectivity index (χ1n) is 7.98. The Hall–Kier alpha value is -2.09. The van der Waals surface area contributed by atoms with Crippen LogP contribution in [0.25, 0.3) is 0 Å². The van der Waals surface area contributed by atoms with E-state index < -0.39 is 18.0 Å². The van der Waals surface area contributed by atoms with Crippen LogP contribution in [-0.2, 0) is 19.1 Å². The van der Waals surface area contributed by atoms with E-state index in [-0.39, 0.29) is 32.0 Å². The van der Waals surface area contributed by atoms with Gasteiger partial charge in [0.25, 0.3) is 5.91 Å². The highest BCUT2D eigenvalue weighted by Crippen LogP contribution is 2.21. The Bertz CT molecular complexity index is 558. The van der Waals surface area contributed by atoms with Crippen LogP contribution < -0.4 is 10.6 Å². The van der Waals surface area contributed by atoms with Gasteiger partial charge in [-0.25, -0.2) is 4.79 Å². The molecule has 1 rings (SSSR count). The maximum atomic E-state index is 12.3. The van der Waals surface area contributed by atoms with Gasteiger partial charge in [0, 0.05) is 13.0 Å². The molecule has 1 aromatic rings. The molecule has 0 unspecified atom stereocenters. The van der Waals surface area contributed by atoms with E-state index >= 15 is 0 Å². The van der Waals surface area contributed by atoms with Gasteiger partial charge in [-0.3, -0.25) is 9.59 Å². The quantitative estimate of drug-likeness (QED) is 0.624. The second kappa shape index (κ2) is 10.6. The Morgan fingerprint density at radius 2 is 1.83 bits per heavy atom. The van der Waals surface area contributed by atoms with Crippen LogP contribution in [0.15, 0.2) is 12.1 Å². The van der Waals surface area contributed by atoms with Crippen LogP contribution >= 0.6 is 11.3 Å². The van der Waals surface area contributed by atoms with Crippen molar-refractivity contribution in [3.8, 4) is 0 Å². The number of hydrogen-bond acceptors (Lipinski definition) is 7. The van der Waals surface area contributed by atoms with Gasteiger partial charge in [-0.1, -0.05) is 0 Å². The van der Waals surface area contributed by atoms with Crippen molar-refractivity contribution >= 4 is 34.2 Å². The van der Waals surface area contributed by atoms with Gasteiger partial charge in [0.1, 0.15) is 6.04 Å². The molecule has 0 aromatic carbocycles. The molecule has 1 aromatic heterocycles. The van der Waals surface area contributed by atoms with Crippen LogP contribution in [0.5, 0.6) is 0 Å². The highest BCUT2D eigenvalue weighted by atomic mass is 32.1. The molecule has 0 aliphatic rings. The first kappa shape index (κ1) is 20.0. The molecule has 134 valence electrons. The molecule has 8 heteroatoms. The molecular formula is C16H24N2O5S. The predicted molar refractivity (Wildman–Crippen MR) is 92.2 cm³/mol. The zero-order valence-electron chi connectivity index (χ0n) is 14.2. The van der Waals surface area contributed by atoms with Gasteiger partial charge in [-0.05, 0) is 39.3 Å². The lowest BCUT2D eigenvalue weighted by atomic mass is 10.1. The minimum absolute atomic E-state index is 0.0324. The van der Waals surface area contributed by atoms with Crippen LogP contribution in [0.3, 0.4) is 0 Å². The van der Waals surface area contributed by atoms with Crippen LogP contribution in [-0.4, -0.2) is 43.6 Å². The van der Waals surface area contributed by atoms with Crippen LogP contribution in [0.2, 0.25) is 0 Å². The van der Waals surface area contributed by atoms with E-state index in [2.05, 4.69) is 10.6 Å². The van der Waals surface area contributed by atoms with Crippen molar-refractivity contribution in [2.75, 3.05) is 25.1 Å². The number of carbonyl (C=O) groups excluding carboxylic acids is 3. The second-order valence-electron chi connectivity index (χ2n) is 4.82. The molecule has 1 atom stereocenters. The Labute approximate surface area is 145 Å². The summed E-state index contributed by atoms with van der Waals surface area (Å²) in [5, 5.41) is 6.63. The van der Waals surface area contributed by atoms with Gasteiger partial charge in [0.15, 0.2) is 0 Å². The summed E-state index contributed by atoms with van der Waals surface area (Å²) in [5.41, 5.74) is 0. The van der Waals surface area contributed by atoms with Gasteiger partial charge >= 0.3 is 11.9 Å². The lowest BCUT2D eigenvalue weighted by Gasteiger charge is -2.16. The van der Waals surface area contributed by atoms with Gasteiger partial charge in [0.05, 0.1) is 23.1 Å². The summed E-state index contributed by atoms with van der Waals surface area (Å²) >= 11 is 1.30. The van der Waals surface area contributed by atoms with E-state index in [1.165, 1.54) is 11.3 Å². The lowest BCUT2D eigenvalue weighted by molar-refractivity contribution is -0.146. The lowest BCUT2D eigenvalue weighted by Crippen LogP contribution is -2.42. The topological polar surface area (TPSA) is 93.7 Å².